The van der Waals surface area contributed by atoms with Crippen LogP contribution < -0.4 is 0 Å². The Bertz CT molecular complexity index is 534. The van der Waals surface area contributed by atoms with E-state index in [4.69, 9.17) is 0 Å². The van der Waals surface area contributed by atoms with E-state index >= 15 is 0 Å². The van der Waals surface area contributed by atoms with Crippen molar-refractivity contribution in [1.82, 2.24) is 15.0 Å². The third-order valence-electron chi connectivity index (χ3n) is 2.51. The Hall–Kier alpha value is -2.17. The number of ether oxygens (including phenoxy) is 1. The van der Waals surface area contributed by atoms with Gasteiger partial charge >= 0.3 is 5.97 Å². The van der Waals surface area contributed by atoms with Crippen LogP contribution in [0.15, 0.2) is 30.5 Å². The molecule has 17 heavy (non-hydrogen) atoms. The van der Waals surface area contributed by atoms with Crippen molar-refractivity contribution in [2.24, 2.45) is 0 Å². The minimum Gasteiger partial charge on any atom is -0.464 e. The van der Waals surface area contributed by atoms with Crippen molar-refractivity contribution in [3.8, 4) is 5.69 Å². The molecule has 0 radical (unpaired) electrons. The normalized spacial score (nSPS) is 10.2. The number of hydrogen-bond donors (Lipinski definition) is 0. The number of para-hydroxylation sites is 1. The Kier molecular flexibility index (Phi) is 3.18. The van der Waals surface area contributed by atoms with E-state index in [0.29, 0.717) is 0 Å². The SMILES string of the molecule is CCc1ccccc1-n1cc(C(=O)OC)nn1. The molecule has 0 aliphatic rings. The number of esters is 1. The van der Waals surface area contributed by atoms with Crippen LogP contribution in [0, 0.1) is 0 Å². The van der Waals surface area contributed by atoms with Crippen LogP contribution in [0.5, 0.6) is 0 Å². The predicted octanol–water partition coefficient (Wildman–Crippen LogP) is 1.62. The molecule has 0 aliphatic carbocycles. The van der Waals surface area contributed by atoms with Gasteiger partial charge in [0.1, 0.15) is 0 Å². The lowest BCUT2D eigenvalue weighted by Crippen LogP contribution is -2.01. The highest BCUT2D eigenvalue weighted by Gasteiger charge is 2.12. The van der Waals surface area contributed by atoms with Crippen LogP contribution in [0.3, 0.4) is 0 Å². The molecule has 88 valence electrons. The summed E-state index contributed by atoms with van der Waals surface area (Å²) >= 11 is 0. The van der Waals surface area contributed by atoms with Gasteiger partial charge in [0, 0.05) is 0 Å². The number of rotatable bonds is 3. The molecular weight excluding hydrogens is 218 g/mol. The van der Waals surface area contributed by atoms with E-state index in [1.165, 1.54) is 7.11 Å². The minimum atomic E-state index is -0.481. The van der Waals surface area contributed by atoms with Crippen LogP contribution in [0.1, 0.15) is 23.0 Å². The number of aryl methyl sites for hydroxylation is 1. The molecule has 0 spiro atoms. The van der Waals surface area contributed by atoms with Gasteiger partial charge in [-0.15, -0.1) is 5.10 Å². The molecule has 0 aliphatic heterocycles. The predicted molar refractivity (Wildman–Crippen MR) is 62.1 cm³/mol. The van der Waals surface area contributed by atoms with Crippen LogP contribution >= 0.6 is 0 Å². The minimum absolute atomic E-state index is 0.207. The van der Waals surface area contributed by atoms with Crippen molar-refractivity contribution in [2.45, 2.75) is 13.3 Å². The molecule has 2 aromatic rings. The number of benzene rings is 1. The topological polar surface area (TPSA) is 57.0 Å². The number of carbonyl (C=O) groups excluding carboxylic acids is 1. The van der Waals surface area contributed by atoms with E-state index < -0.39 is 5.97 Å². The zero-order valence-electron chi connectivity index (χ0n) is 9.75. The Balaban J connectivity index is 2.40. The Morgan fingerprint density at radius 2 is 2.18 bits per heavy atom. The van der Waals surface area contributed by atoms with Gasteiger partial charge in [-0.3, -0.25) is 0 Å². The largest absolute Gasteiger partial charge is 0.464 e. The van der Waals surface area contributed by atoms with Crippen LogP contribution in [0.2, 0.25) is 0 Å². The monoisotopic (exact) mass is 231 g/mol. The summed E-state index contributed by atoms with van der Waals surface area (Å²) in [5.41, 5.74) is 2.28. The fourth-order valence-electron chi connectivity index (χ4n) is 1.61. The quantitative estimate of drug-likeness (QED) is 0.753. The van der Waals surface area contributed by atoms with E-state index in [1.54, 1.807) is 10.9 Å². The van der Waals surface area contributed by atoms with E-state index in [1.807, 2.05) is 24.3 Å². The third kappa shape index (κ3) is 2.18. The number of carbonyl (C=O) groups is 1. The summed E-state index contributed by atoms with van der Waals surface area (Å²) in [4.78, 5) is 11.3. The lowest BCUT2D eigenvalue weighted by molar-refractivity contribution is 0.0594. The average molecular weight is 231 g/mol. The smallest absolute Gasteiger partial charge is 0.360 e. The first kappa shape index (κ1) is 11.3. The van der Waals surface area contributed by atoms with Crippen molar-refractivity contribution in [3.63, 3.8) is 0 Å². The highest BCUT2D eigenvalue weighted by Crippen LogP contribution is 2.14. The molecule has 0 unspecified atom stereocenters. The highest BCUT2D eigenvalue weighted by molar-refractivity contribution is 5.86. The van der Waals surface area contributed by atoms with E-state index in [2.05, 4.69) is 22.0 Å². The molecule has 0 atom stereocenters. The van der Waals surface area contributed by atoms with Crippen LogP contribution in [-0.2, 0) is 11.2 Å². The molecule has 5 heteroatoms. The second kappa shape index (κ2) is 4.78. The second-order valence-electron chi connectivity index (χ2n) is 3.52. The maximum absolute atomic E-state index is 11.3. The van der Waals surface area contributed by atoms with Crippen molar-refractivity contribution in [3.05, 3.63) is 41.7 Å². The molecule has 0 amide bonds. The zero-order valence-corrected chi connectivity index (χ0v) is 9.75. The number of aromatic nitrogens is 3. The molecule has 1 aromatic carbocycles. The van der Waals surface area contributed by atoms with Gasteiger partial charge in [0.05, 0.1) is 19.0 Å². The summed E-state index contributed by atoms with van der Waals surface area (Å²) < 4.78 is 6.18. The first-order chi connectivity index (χ1) is 8.26. The molecular formula is C12H13N3O2. The number of nitrogens with zero attached hydrogens (tertiary/aromatic N) is 3. The molecule has 0 saturated carbocycles. The van der Waals surface area contributed by atoms with Crippen molar-refractivity contribution in [2.75, 3.05) is 7.11 Å². The standard InChI is InChI=1S/C12H13N3O2/c1-3-9-6-4-5-7-11(9)15-8-10(13-14-15)12(16)17-2/h4-8H,3H2,1-2H3. The van der Waals surface area contributed by atoms with Gasteiger partial charge in [-0.05, 0) is 18.1 Å². The van der Waals surface area contributed by atoms with Gasteiger partial charge < -0.3 is 4.74 Å². The molecule has 5 nitrogen and oxygen atoms in total. The van der Waals surface area contributed by atoms with Gasteiger partial charge in [0.2, 0.25) is 0 Å². The lowest BCUT2D eigenvalue weighted by Gasteiger charge is -2.05. The summed E-state index contributed by atoms with van der Waals surface area (Å²) in [5.74, 6) is -0.481. The first-order valence-electron chi connectivity index (χ1n) is 5.35. The van der Waals surface area contributed by atoms with E-state index in [9.17, 15) is 4.79 Å². The summed E-state index contributed by atoms with van der Waals surface area (Å²) in [5, 5.41) is 7.71. The van der Waals surface area contributed by atoms with Crippen molar-refractivity contribution in [1.29, 1.82) is 0 Å². The van der Waals surface area contributed by atoms with Gasteiger partial charge in [0.15, 0.2) is 5.69 Å². The molecule has 0 bridgehead atoms. The lowest BCUT2D eigenvalue weighted by atomic mass is 10.1. The van der Waals surface area contributed by atoms with Crippen molar-refractivity contribution >= 4 is 5.97 Å². The van der Waals surface area contributed by atoms with Gasteiger partial charge in [-0.25, -0.2) is 9.48 Å². The van der Waals surface area contributed by atoms with Gasteiger partial charge in [-0.1, -0.05) is 30.3 Å². The number of methoxy groups -OCH3 is 1. The second-order valence-corrected chi connectivity index (χ2v) is 3.52. The molecule has 0 saturated heterocycles. The number of hydrogen-bond acceptors (Lipinski definition) is 4. The maximum Gasteiger partial charge on any atom is 0.360 e. The molecule has 1 heterocycles. The van der Waals surface area contributed by atoms with Crippen molar-refractivity contribution < 1.29 is 9.53 Å². The summed E-state index contributed by atoms with van der Waals surface area (Å²) in [7, 11) is 1.32. The third-order valence-corrected chi connectivity index (χ3v) is 2.51. The van der Waals surface area contributed by atoms with E-state index in [0.717, 1.165) is 17.7 Å². The zero-order chi connectivity index (χ0) is 12.3. The molecule has 0 fully saturated rings. The average Bonchev–Trinajstić information content (AvgIpc) is 2.87. The first-order valence-corrected chi connectivity index (χ1v) is 5.35. The molecule has 0 N–H and O–H groups in total. The van der Waals surface area contributed by atoms with Gasteiger partial charge in [-0.2, -0.15) is 0 Å². The Morgan fingerprint density at radius 3 is 2.88 bits per heavy atom. The Labute approximate surface area is 99.0 Å². The highest BCUT2D eigenvalue weighted by atomic mass is 16.5. The molecule has 1 aromatic heterocycles. The fraction of sp³-hybridized carbons (Fsp3) is 0.250. The summed E-state index contributed by atoms with van der Waals surface area (Å²) in [6.07, 6.45) is 2.46. The summed E-state index contributed by atoms with van der Waals surface area (Å²) in [6.45, 7) is 2.07. The van der Waals surface area contributed by atoms with Crippen LogP contribution in [-0.4, -0.2) is 28.1 Å². The molecule has 2 rings (SSSR count). The van der Waals surface area contributed by atoms with Crippen LogP contribution in [0.4, 0.5) is 0 Å². The summed E-state index contributed by atoms with van der Waals surface area (Å²) in [6, 6.07) is 7.86. The van der Waals surface area contributed by atoms with Gasteiger partial charge in [0.25, 0.3) is 0 Å². The van der Waals surface area contributed by atoms with Crippen LogP contribution in [0.25, 0.3) is 5.69 Å². The van der Waals surface area contributed by atoms with E-state index in [-0.39, 0.29) is 5.69 Å². The Morgan fingerprint density at radius 1 is 1.41 bits per heavy atom. The fourth-order valence-corrected chi connectivity index (χ4v) is 1.61. The maximum atomic E-state index is 11.3.